The van der Waals surface area contributed by atoms with E-state index in [4.69, 9.17) is 19.9 Å². The number of aromatic nitrogens is 4. The lowest BCUT2D eigenvalue weighted by molar-refractivity contribution is 1.07. The number of hydrogen-bond acceptors (Lipinski definition) is 5. The van der Waals surface area contributed by atoms with Gasteiger partial charge in [0.05, 0.1) is 11.2 Å². The molecule has 0 bridgehead atoms. The fraction of sp³-hybridized carbons (Fsp3) is 0. The van der Waals surface area contributed by atoms with E-state index in [1.165, 1.54) is 25.7 Å². The monoisotopic (exact) mass is 694 g/mol. The molecule has 10 rings (SSSR count). The second kappa shape index (κ2) is 13.1. The first-order chi connectivity index (χ1) is 26.3. The van der Waals surface area contributed by atoms with E-state index < -0.39 is 0 Å². The molecule has 0 saturated heterocycles. The minimum Gasteiger partial charge on any atom is -0.246 e. The number of para-hydroxylation sites is 1. The molecule has 0 fully saturated rings. The van der Waals surface area contributed by atoms with Crippen molar-refractivity contribution in [3.63, 3.8) is 0 Å². The first kappa shape index (κ1) is 31.0. The highest BCUT2D eigenvalue weighted by Crippen LogP contribution is 2.44. The molecule has 0 saturated carbocycles. The molecule has 53 heavy (non-hydrogen) atoms. The van der Waals surface area contributed by atoms with E-state index in [0.29, 0.717) is 17.5 Å². The highest BCUT2D eigenvalue weighted by molar-refractivity contribution is 7.26. The van der Waals surface area contributed by atoms with E-state index in [-0.39, 0.29) is 0 Å². The molecule has 0 aliphatic rings. The minimum absolute atomic E-state index is 0.627. The number of rotatable bonds is 6. The van der Waals surface area contributed by atoms with Crippen molar-refractivity contribution in [1.29, 1.82) is 0 Å². The molecule has 0 N–H and O–H groups in total. The molecule has 5 heteroatoms. The van der Waals surface area contributed by atoms with Crippen LogP contribution in [0, 0.1) is 0 Å². The Labute approximate surface area is 310 Å². The molecule has 0 unspecified atom stereocenters. The number of nitrogens with zero attached hydrogens (tertiary/aromatic N) is 4. The van der Waals surface area contributed by atoms with Gasteiger partial charge in [0.15, 0.2) is 17.5 Å². The lowest BCUT2D eigenvalue weighted by Crippen LogP contribution is -2.00. The summed E-state index contributed by atoms with van der Waals surface area (Å²) in [5, 5.41) is 3.62. The Morgan fingerprint density at radius 3 is 1.40 bits per heavy atom. The first-order valence-electron chi connectivity index (χ1n) is 17.6. The van der Waals surface area contributed by atoms with Crippen LogP contribution in [0.5, 0.6) is 0 Å². The van der Waals surface area contributed by atoms with Crippen molar-refractivity contribution in [3.05, 3.63) is 182 Å². The third kappa shape index (κ3) is 5.64. The number of fused-ring (bicyclic) bond motifs is 5. The number of thiophene rings is 1. The van der Waals surface area contributed by atoms with Crippen LogP contribution in [-0.4, -0.2) is 19.9 Å². The first-order valence-corrected chi connectivity index (χ1v) is 18.5. The number of benzene rings is 7. The van der Waals surface area contributed by atoms with Gasteiger partial charge in [0.2, 0.25) is 0 Å². The Kier molecular flexibility index (Phi) is 7.63. The Hall–Kier alpha value is -6.82. The number of pyridine rings is 1. The molecule has 10 aromatic rings. The molecule has 3 heterocycles. The average Bonchev–Trinajstić information content (AvgIpc) is 3.64. The maximum absolute atomic E-state index is 5.44. The van der Waals surface area contributed by atoms with Gasteiger partial charge < -0.3 is 0 Å². The average molecular weight is 695 g/mol. The Morgan fingerprint density at radius 2 is 0.774 bits per heavy atom. The zero-order valence-electron chi connectivity index (χ0n) is 28.5. The maximum atomic E-state index is 5.44. The second-order valence-corrected chi connectivity index (χ2v) is 14.1. The normalized spacial score (nSPS) is 11.4. The van der Waals surface area contributed by atoms with Crippen LogP contribution in [0.1, 0.15) is 0 Å². The highest BCUT2D eigenvalue weighted by Gasteiger charge is 2.19. The summed E-state index contributed by atoms with van der Waals surface area (Å²) in [5.74, 6) is 1.90. The van der Waals surface area contributed by atoms with E-state index >= 15 is 0 Å². The van der Waals surface area contributed by atoms with Gasteiger partial charge >= 0.3 is 0 Å². The van der Waals surface area contributed by atoms with E-state index in [1.807, 2.05) is 47.7 Å². The van der Waals surface area contributed by atoms with Crippen molar-refractivity contribution in [1.82, 2.24) is 19.9 Å². The van der Waals surface area contributed by atoms with E-state index in [9.17, 15) is 0 Å². The van der Waals surface area contributed by atoms with Crippen LogP contribution in [0.25, 0.3) is 98.7 Å². The van der Waals surface area contributed by atoms with Crippen molar-refractivity contribution in [2.75, 3.05) is 0 Å². The Morgan fingerprint density at radius 1 is 0.321 bits per heavy atom. The van der Waals surface area contributed by atoms with Crippen LogP contribution in [0.3, 0.4) is 0 Å². The second-order valence-electron chi connectivity index (χ2n) is 13.0. The molecular weight excluding hydrogens is 665 g/mol. The van der Waals surface area contributed by atoms with Gasteiger partial charge in [-0.2, -0.15) is 0 Å². The Balaban J connectivity index is 1.08. The minimum atomic E-state index is 0.627. The summed E-state index contributed by atoms with van der Waals surface area (Å²) >= 11 is 1.84. The summed E-state index contributed by atoms with van der Waals surface area (Å²) in [7, 11) is 0. The van der Waals surface area contributed by atoms with Crippen molar-refractivity contribution < 1.29 is 0 Å². The molecule has 248 valence electrons. The van der Waals surface area contributed by atoms with Gasteiger partial charge in [-0.1, -0.05) is 176 Å². The van der Waals surface area contributed by atoms with Crippen molar-refractivity contribution in [2.45, 2.75) is 0 Å². The zero-order valence-corrected chi connectivity index (χ0v) is 29.3. The predicted octanol–water partition coefficient (Wildman–Crippen LogP) is 12.8. The smallest absolute Gasteiger partial charge is 0.164 e. The summed E-state index contributed by atoms with van der Waals surface area (Å²) < 4.78 is 2.53. The predicted molar refractivity (Wildman–Crippen MR) is 221 cm³/mol. The fourth-order valence-corrected chi connectivity index (χ4v) is 8.34. The van der Waals surface area contributed by atoms with Gasteiger partial charge in [-0.05, 0) is 22.8 Å². The van der Waals surface area contributed by atoms with Crippen molar-refractivity contribution in [3.8, 4) is 67.7 Å². The SMILES string of the molecule is c1ccc(-c2ccc(-c3nc(-c4ccccc4)nc(-c4ccc(-c5cccc6c5nc(-c5ccccc5)c5c7ccccc7sc65)cc4)n3)cc2)cc1. The van der Waals surface area contributed by atoms with E-state index in [1.54, 1.807) is 0 Å². The third-order valence-electron chi connectivity index (χ3n) is 9.76. The van der Waals surface area contributed by atoms with Crippen LogP contribution in [0.2, 0.25) is 0 Å². The standard InChI is InChI=1S/C48H30N4S/c1-4-13-31(14-5-1)32-23-27-36(28-24-32)47-50-46(35-17-8-3-9-18-35)51-48(52-47)37-29-25-33(26-30-37)38-20-12-21-40-44(38)49-43(34-15-6-2-7-16-34)42-39-19-10-11-22-41(39)53-45(40)42/h1-30H. The molecule has 3 aromatic heterocycles. The molecule has 4 nitrogen and oxygen atoms in total. The highest BCUT2D eigenvalue weighted by atomic mass is 32.1. The molecular formula is C48H30N4S. The molecule has 0 atom stereocenters. The molecule has 0 amide bonds. The van der Waals surface area contributed by atoms with Crippen LogP contribution in [0.15, 0.2) is 182 Å². The summed E-state index contributed by atoms with van der Waals surface area (Å²) in [4.78, 5) is 20.4. The Bertz CT molecular complexity index is 2900. The molecule has 0 radical (unpaired) electrons. The molecule has 0 aliphatic carbocycles. The zero-order chi connectivity index (χ0) is 35.1. The summed E-state index contributed by atoms with van der Waals surface area (Å²) in [5.41, 5.74) is 10.4. The van der Waals surface area contributed by atoms with Gasteiger partial charge in [0.25, 0.3) is 0 Å². The number of hydrogen-bond donors (Lipinski definition) is 0. The van der Waals surface area contributed by atoms with Gasteiger partial charge in [-0.15, -0.1) is 11.3 Å². The lowest BCUT2D eigenvalue weighted by atomic mass is 9.97. The van der Waals surface area contributed by atoms with Gasteiger partial charge in [0, 0.05) is 53.4 Å². The van der Waals surface area contributed by atoms with Gasteiger partial charge in [0.1, 0.15) is 0 Å². The summed E-state index contributed by atoms with van der Waals surface area (Å²) in [6.07, 6.45) is 0. The largest absolute Gasteiger partial charge is 0.246 e. The van der Waals surface area contributed by atoms with Crippen LogP contribution in [-0.2, 0) is 0 Å². The molecule has 0 aliphatic heterocycles. The van der Waals surface area contributed by atoms with E-state index in [0.717, 1.165) is 55.5 Å². The van der Waals surface area contributed by atoms with Gasteiger partial charge in [-0.3, -0.25) is 0 Å². The fourth-order valence-electron chi connectivity index (χ4n) is 7.11. The van der Waals surface area contributed by atoms with Gasteiger partial charge in [-0.25, -0.2) is 19.9 Å². The summed E-state index contributed by atoms with van der Waals surface area (Å²) in [6, 6.07) is 63.1. The van der Waals surface area contributed by atoms with Crippen LogP contribution >= 0.6 is 11.3 Å². The van der Waals surface area contributed by atoms with Crippen molar-refractivity contribution >= 4 is 42.4 Å². The van der Waals surface area contributed by atoms with Crippen LogP contribution < -0.4 is 0 Å². The maximum Gasteiger partial charge on any atom is 0.164 e. The van der Waals surface area contributed by atoms with Crippen molar-refractivity contribution in [2.24, 2.45) is 0 Å². The third-order valence-corrected chi connectivity index (χ3v) is 11.0. The molecule has 7 aromatic carbocycles. The van der Waals surface area contributed by atoms with Crippen LogP contribution in [0.4, 0.5) is 0 Å². The topological polar surface area (TPSA) is 51.6 Å². The quantitative estimate of drug-likeness (QED) is 0.174. The lowest BCUT2D eigenvalue weighted by Gasteiger charge is -2.12. The van der Waals surface area contributed by atoms with E-state index in [2.05, 4.69) is 146 Å². The molecule has 0 spiro atoms. The summed E-state index contributed by atoms with van der Waals surface area (Å²) in [6.45, 7) is 0.